The maximum Gasteiger partial charge on any atom is 0.258 e. The van der Waals surface area contributed by atoms with Gasteiger partial charge in [0, 0.05) is 31.0 Å². The molecule has 0 unspecified atom stereocenters. The first kappa shape index (κ1) is 15.5. The van der Waals surface area contributed by atoms with Gasteiger partial charge in [0.1, 0.15) is 5.82 Å². The molecule has 1 aliphatic rings. The van der Waals surface area contributed by atoms with Gasteiger partial charge >= 0.3 is 0 Å². The number of rotatable bonds is 4. The summed E-state index contributed by atoms with van der Waals surface area (Å²) < 4.78 is 18.6. The molecule has 0 radical (unpaired) electrons. The standard InChI is InChI=1S/C19H16FN3O2/c20-16-8-4-7-14(9-16)19-21-18(22-25-19)15-10-17(24)23(12-15)11-13-5-2-1-3-6-13/h1-9,15H,10-12H2/t15-/m1/s1. The molecular weight excluding hydrogens is 321 g/mol. The van der Waals surface area contributed by atoms with Gasteiger partial charge < -0.3 is 9.42 Å². The number of benzene rings is 2. The quantitative estimate of drug-likeness (QED) is 0.732. The lowest BCUT2D eigenvalue weighted by Gasteiger charge is -2.15. The van der Waals surface area contributed by atoms with Gasteiger partial charge in [-0.05, 0) is 23.8 Å². The molecule has 6 heteroatoms. The van der Waals surface area contributed by atoms with Crippen molar-refractivity contribution in [3.05, 3.63) is 71.8 Å². The van der Waals surface area contributed by atoms with Crippen LogP contribution in [0.1, 0.15) is 23.7 Å². The molecule has 1 fully saturated rings. The van der Waals surface area contributed by atoms with Crippen LogP contribution >= 0.6 is 0 Å². The molecule has 1 aliphatic heterocycles. The van der Waals surface area contributed by atoms with Gasteiger partial charge in [-0.25, -0.2) is 4.39 Å². The average Bonchev–Trinajstić information content (AvgIpc) is 3.24. The zero-order chi connectivity index (χ0) is 17.2. The van der Waals surface area contributed by atoms with Crippen LogP contribution in [0.3, 0.4) is 0 Å². The van der Waals surface area contributed by atoms with Crippen molar-refractivity contribution in [2.24, 2.45) is 0 Å². The summed E-state index contributed by atoms with van der Waals surface area (Å²) in [4.78, 5) is 18.4. The molecule has 1 aromatic heterocycles. The predicted molar refractivity (Wildman–Crippen MR) is 88.9 cm³/mol. The third-order valence-corrected chi connectivity index (χ3v) is 4.31. The third-order valence-electron chi connectivity index (χ3n) is 4.31. The van der Waals surface area contributed by atoms with Gasteiger partial charge in [-0.2, -0.15) is 4.98 Å². The number of halogens is 1. The van der Waals surface area contributed by atoms with Crippen LogP contribution in [0.25, 0.3) is 11.5 Å². The van der Waals surface area contributed by atoms with Gasteiger partial charge in [-0.3, -0.25) is 4.79 Å². The van der Waals surface area contributed by atoms with E-state index in [4.69, 9.17) is 4.52 Å². The summed E-state index contributed by atoms with van der Waals surface area (Å²) in [5, 5.41) is 3.99. The number of aromatic nitrogens is 2. The summed E-state index contributed by atoms with van der Waals surface area (Å²) >= 11 is 0. The second-order valence-electron chi connectivity index (χ2n) is 6.13. The minimum absolute atomic E-state index is 0.0750. The van der Waals surface area contributed by atoms with E-state index in [0.717, 1.165) is 5.56 Å². The number of nitrogens with zero attached hydrogens (tertiary/aromatic N) is 3. The SMILES string of the molecule is O=C1C[C@@H](c2noc(-c3cccc(F)c3)n2)CN1Cc1ccccc1. The molecule has 0 spiro atoms. The fourth-order valence-corrected chi connectivity index (χ4v) is 3.04. The number of hydrogen-bond donors (Lipinski definition) is 0. The Kier molecular flexibility index (Phi) is 4.01. The van der Waals surface area contributed by atoms with Crippen molar-refractivity contribution < 1.29 is 13.7 Å². The molecule has 25 heavy (non-hydrogen) atoms. The van der Waals surface area contributed by atoms with Crippen LogP contribution < -0.4 is 0 Å². The average molecular weight is 337 g/mol. The molecule has 126 valence electrons. The van der Waals surface area contributed by atoms with Gasteiger partial charge in [0.05, 0.1) is 0 Å². The predicted octanol–water partition coefficient (Wildman–Crippen LogP) is 3.39. The van der Waals surface area contributed by atoms with Crippen LogP contribution in [0.5, 0.6) is 0 Å². The first-order chi connectivity index (χ1) is 12.2. The smallest absolute Gasteiger partial charge is 0.258 e. The molecular formula is C19H16FN3O2. The number of carbonyl (C=O) groups excluding carboxylic acids is 1. The third kappa shape index (κ3) is 3.28. The van der Waals surface area contributed by atoms with E-state index in [1.54, 1.807) is 17.0 Å². The molecule has 4 rings (SSSR count). The highest BCUT2D eigenvalue weighted by Crippen LogP contribution is 2.29. The first-order valence-corrected chi connectivity index (χ1v) is 8.10. The number of likely N-dealkylation sites (tertiary alicyclic amines) is 1. The molecule has 0 saturated carbocycles. The van der Waals surface area contributed by atoms with Gasteiger partial charge in [0.25, 0.3) is 5.89 Å². The summed E-state index contributed by atoms with van der Waals surface area (Å²) in [5.41, 5.74) is 1.62. The zero-order valence-electron chi connectivity index (χ0n) is 13.4. The molecule has 0 aliphatic carbocycles. The molecule has 1 saturated heterocycles. The first-order valence-electron chi connectivity index (χ1n) is 8.10. The Labute approximate surface area is 144 Å². The summed E-state index contributed by atoms with van der Waals surface area (Å²) in [5.74, 6) is 0.363. The number of carbonyl (C=O) groups is 1. The second-order valence-corrected chi connectivity index (χ2v) is 6.13. The highest BCUT2D eigenvalue weighted by Gasteiger charge is 2.33. The zero-order valence-corrected chi connectivity index (χ0v) is 13.4. The lowest BCUT2D eigenvalue weighted by Crippen LogP contribution is -2.24. The van der Waals surface area contributed by atoms with Crippen LogP contribution in [-0.4, -0.2) is 27.5 Å². The van der Waals surface area contributed by atoms with Gasteiger partial charge in [0.15, 0.2) is 5.82 Å². The van der Waals surface area contributed by atoms with Crippen LogP contribution in [0, 0.1) is 5.82 Å². The summed E-state index contributed by atoms with van der Waals surface area (Å²) in [6, 6.07) is 15.9. The Morgan fingerprint density at radius 2 is 2.00 bits per heavy atom. The summed E-state index contributed by atoms with van der Waals surface area (Å²) in [7, 11) is 0. The van der Waals surface area contributed by atoms with Crippen molar-refractivity contribution >= 4 is 5.91 Å². The molecule has 5 nitrogen and oxygen atoms in total. The monoisotopic (exact) mass is 337 g/mol. The molecule has 3 aromatic rings. The maximum absolute atomic E-state index is 13.3. The molecule has 0 N–H and O–H groups in total. The van der Waals surface area contributed by atoms with E-state index in [0.29, 0.717) is 30.9 Å². The minimum atomic E-state index is -0.359. The minimum Gasteiger partial charge on any atom is -0.338 e. The van der Waals surface area contributed by atoms with Crippen molar-refractivity contribution in [3.8, 4) is 11.5 Å². The van der Waals surface area contributed by atoms with Crippen molar-refractivity contribution in [1.82, 2.24) is 15.0 Å². The van der Waals surface area contributed by atoms with Gasteiger partial charge in [-0.1, -0.05) is 41.6 Å². The van der Waals surface area contributed by atoms with E-state index < -0.39 is 0 Å². The lowest BCUT2D eigenvalue weighted by molar-refractivity contribution is -0.128. The molecule has 2 heterocycles. The van der Waals surface area contributed by atoms with Crippen molar-refractivity contribution in [3.63, 3.8) is 0 Å². The molecule has 2 aromatic carbocycles. The van der Waals surface area contributed by atoms with Gasteiger partial charge in [-0.15, -0.1) is 0 Å². The number of hydrogen-bond acceptors (Lipinski definition) is 4. The Morgan fingerprint density at radius 1 is 1.16 bits per heavy atom. The normalized spacial score (nSPS) is 17.2. The topological polar surface area (TPSA) is 59.2 Å². The van der Waals surface area contributed by atoms with E-state index in [2.05, 4.69) is 10.1 Å². The highest BCUT2D eigenvalue weighted by atomic mass is 19.1. The van der Waals surface area contributed by atoms with Crippen molar-refractivity contribution in [2.75, 3.05) is 6.54 Å². The van der Waals surface area contributed by atoms with E-state index in [9.17, 15) is 9.18 Å². The van der Waals surface area contributed by atoms with Crippen molar-refractivity contribution in [2.45, 2.75) is 18.9 Å². The molecule has 1 amide bonds. The van der Waals surface area contributed by atoms with E-state index in [-0.39, 0.29) is 23.5 Å². The van der Waals surface area contributed by atoms with Crippen molar-refractivity contribution in [1.29, 1.82) is 0 Å². The Balaban J connectivity index is 1.49. The Morgan fingerprint density at radius 3 is 2.80 bits per heavy atom. The maximum atomic E-state index is 13.3. The Bertz CT molecular complexity index is 894. The van der Waals surface area contributed by atoms with Crippen LogP contribution in [-0.2, 0) is 11.3 Å². The molecule has 0 bridgehead atoms. The summed E-state index contributed by atoms with van der Waals surface area (Å²) in [6.45, 7) is 1.13. The largest absolute Gasteiger partial charge is 0.338 e. The highest BCUT2D eigenvalue weighted by molar-refractivity contribution is 5.79. The van der Waals surface area contributed by atoms with E-state index >= 15 is 0 Å². The van der Waals surface area contributed by atoms with E-state index in [1.807, 2.05) is 30.3 Å². The summed E-state index contributed by atoms with van der Waals surface area (Å²) in [6.07, 6.45) is 0.356. The number of amides is 1. The van der Waals surface area contributed by atoms with Crippen LogP contribution in [0.4, 0.5) is 4.39 Å². The fourth-order valence-electron chi connectivity index (χ4n) is 3.04. The van der Waals surface area contributed by atoms with E-state index in [1.165, 1.54) is 12.1 Å². The van der Waals surface area contributed by atoms with Gasteiger partial charge in [0.2, 0.25) is 5.91 Å². The Hall–Kier alpha value is -3.02. The van der Waals surface area contributed by atoms with Crippen LogP contribution in [0.2, 0.25) is 0 Å². The second kappa shape index (κ2) is 6.47. The molecule has 1 atom stereocenters. The fraction of sp³-hybridized carbons (Fsp3) is 0.211. The lowest BCUT2D eigenvalue weighted by atomic mass is 10.1. The van der Waals surface area contributed by atoms with Crippen LogP contribution in [0.15, 0.2) is 59.1 Å².